The van der Waals surface area contributed by atoms with Crippen LogP contribution in [0.3, 0.4) is 0 Å². The fourth-order valence-corrected chi connectivity index (χ4v) is 5.38. The summed E-state index contributed by atoms with van der Waals surface area (Å²) in [6.45, 7) is 1.16. The topological polar surface area (TPSA) is 71.7 Å². The zero-order valence-corrected chi connectivity index (χ0v) is 21.1. The molecule has 4 aromatic rings. The van der Waals surface area contributed by atoms with Gasteiger partial charge in [0.05, 0.1) is 24.6 Å². The molecule has 4 aromatic carbocycles. The Kier molecular flexibility index (Phi) is 6.73. The number of rotatable bonds is 5. The average Bonchev–Trinajstić information content (AvgIpc) is 2.95. The van der Waals surface area contributed by atoms with Crippen LogP contribution in [-0.4, -0.2) is 47.9 Å². The normalized spacial score (nSPS) is 19.1. The molecular formula is C32H30N4O2. The quantitative estimate of drug-likeness (QED) is 0.289. The van der Waals surface area contributed by atoms with Crippen molar-refractivity contribution in [3.05, 3.63) is 119 Å². The summed E-state index contributed by atoms with van der Waals surface area (Å²) in [6.07, 6.45) is 3.87. The van der Waals surface area contributed by atoms with E-state index in [2.05, 4.69) is 68.5 Å². The van der Waals surface area contributed by atoms with Crippen LogP contribution in [0.5, 0.6) is 0 Å². The summed E-state index contributed by atoms with van der Waals surface area (Å²) in [7, 11) is 0. The molecule has 6 rings (SSSR count). The monoisotopic (exact) mass is 502 g/mol. The molecule has 190 valence electrons. The molecule has 2 aliphatic rings. The summed E-state index contributed by atoms with van der Waals surface area (Å²) < 4.78 is 0. The lowest BCUT2D eigenvalue weighted by Crippen LogP contribution is -2.35. The highest BCUT2D eigenvalue weighted by molar-refractivity contribution is 5.85. The maximum atomic E-state index is 10.5. The molecule has 0 fully saturated rings. The zero-order valence-electron chi connectivity index (χ0n) is 21.1. The van der Waals surface area contributed by atoms with Crippen LogP contribution in [0.2, 0.25) is 0 Å². The van der Waals surface area contributed by atoms with E-state index in [9.17, 15) is 10.2 Å². The number of nitrogens with zero attached hydrogens (tertiary/aromatic N) is 4. The first-order valence-electron chi connectivity index (χ1n) is 13.0. The van der Waals surface area contributed by atoms with E-state index in [4.69, 9.17) is 0 Å². The van der Waals surface area contributed by atoms with Crippen LogP contribution >= 0.6 is 0 Å². The van der Waals surface area contributed by atoms with Crippen LogP contribution in [0.15, 0.2) is 107 Å². The Bertz CT molecular complexity index is 1360. The SMILES string of the molecule is OC1Cc2cc(/C=N/N=C/c3ccc4c(c3)CC(O)CN4c3ccccc3)ccc2N(c2ccccc2)C1. The van der Waals surface area contributed by atoms with E-state index in [-0.39, 0.29) is 0 Å². The van der Waals surface area contributed by atoms with Crippen molar-refractivity contribution in [2.24, 2.45) is 10.2 Å². The minimum Gasteiger partial charge on any atom is -0.391 e. The molecule has 2 aliphatic heterocycles. The van der Waals surface area contributed by atoms with Crippen molar-refractivity contribution in [2.45, 2.75) is 25.0 Å². The van der Waals surface area contributed by atoms with Gasteiger partial charge in [-0.1, -0.05) is 48.5 Å². The van der Waals surface area contributed by atoms with Gasteiger partial charge in [0.25, 0.3) is 0 Å². The van der Waals surface area contributed by atoms with Gasteiger partial charge in [0.15, 0.2) is 0 Å². The summed E-state index contributed by atoms with van der Waals surface area (Å²) >= 11 is 0. The Morgan fingerprint density at radius 2 is 1.00 bits per heavy atom. The second-order valence-electron chi connectivity index (χ2n) is 9.87. The molecule has 0 amide bonds. The molecule has 38 heavy (non-hydrogen) atoms. The highest BCUT2D eigenvalue weighted by Crippen LogP contribution is 2.35. The van der Waals surface area contributed by atoms with Gasteiger partial charge in [-0.05, 0) is 70.8 Å². The maximum absolute atomic E-state index is 10.5. The largest absolute Gasteiger partial charge is 0.391 e. The number of para-hydroxylation sites is 2. The Labute approximate surface area is 222 Å². The third-order valence-corrected chi connectivity index (χ3v) is 7.10. The molecule has 2 N–H and O–H groups in total. The first kappa shape index (κ1) is 24.1. The molecule has 0 aliphatic carbocycles. The Morgan fingerprint density at radius 1 is 0.579 bits per heavy atom. The van der Waals surface area contributed by atoms with Crippen LogP contribution in [0.4, 0.5) is 22.7 Å². The number of fused-ring (bicyclic) bond motifs is 2. The average molecular weight is 503 g/mol. The molecule has 0 aromatic heterocycles. The van der Waals surface area contributed by atoms with Gasteiger partial charge < -0.3 is 20.0 Å². The third-order valence-electron chi connectivity index (χ3n) is 7.10. The number of aliphatic hydroxyl groups excluding tert-OH is 2. The molecule has 0 saturated heterocycles. The predicted molar refractivity (Wildman–Crippen MR) is 154 cm³/mol. The standard InChI is InChI=1S/C32H30N4O2/c37-29-17-25-15-23(11-13-31(25)35(21-29)27-7-3-1-4-8-27)19-33-34-20-24-12-14-32-26(16-24)18-30(38)22-36(32)28-9-5-2-6-10-28/h1-16,19-20,29-30,37-38H,17-18,21-22H2/b33-19+,34-20+. The first-order chi connectivity index (χ1) is 18.6. The van der Waals surface area contributed by atoms with Crippen molar-refractivity contribution in [3.8, 4) is 0 Å². The van der Waals surface area contributed by atoms with Gasteiger partial charge in [-0.3, -0.25) is 0 Å². The van der Waals surface area contributed by atoms with E-state index in [0.717, 1.165) is 45.0 Å². The molecule has 0 spiro atoms. The summed E-state index contributed by atoms with van der Waals surface area (Å²) in [5.74, 6) is 0. The Balaban J connectivity index is 1.18. The Morgan fingerprint density at radius 3 is 1.42 bits per heavy atom. The highest BCUT2D eigenvalue weighted by Gasteiger charge is 2.25. The van der Waals surface area contributed by atoms with Gasteiger partial charge in [0.2, 0.25) is 0 Å². The summed E-state index contributed by atoms with van der Waals surface area (Å²) in [5, 5.41) is 29.5. The van der Waals surface area contributed by atoms with Crippen molar-refractivity contribution in [2.75, 3.05) is 22.9 Å². The van der Waals surface area contributed by atoms with E-state index in [1.165, 1.54) is 0 Å². The third kappa shape index (κ3) is 5.09. The number of aliphatic hydroxyl groups is 2. The summed E-state index contributed by atoms with van der Waals surface area (Å²) in [5.41, 5.74) is 8.44. The van der Waals surface area contributed by atoms with Gasteiger partial charge in [0.1, 0.15) is 0 Å². The lowest BCUT2D eigenvalue weighted by atomic mass is 9.97. The second-order valence-corrected chi connectivity index (χ2v) is 9.87. The van der Waals surface area contributed by atoms with E-state index < -0.39 is 12.2 Å². The van der Waals surface area contributed by atoms with Crippen molar-refractivity contribution in [1.29, 1.82) is 0 Å². The van der Waals surface area contributed by atoms with Crippen LogP contribution in [0.25, 0.3) is 0 Å². The van der Waals surface area contributed by atoms with Crippen LogP contribution in [0, 0.1) is 0 Å². The molecule has 0 bridgehead atoms. The van der Waals surface area contributed by atoms with E-state index in [1.807, 2.05) is 48.5 Å². The molecule has 0 radical (unpaired) electrons. The van der Waals surface area contributed by atoms with Crippen molar-refractivity contribution in [3.63, 3.8) is 0 Å². The van der Waals surface area contributed by atoms with Gasteiger partial charge in [-0.25, -0.2) is 0 Å². The molecule has 2 heterocycles. The number of benzene rings is 4. The van der Waals surface area contributed by atoms with Gasteiger partial charge >= 0.3 is 0 Å². The summed E-state index contributed by atoms with van der Waals surface area (Å²) in [6, 6.07) is 32.7. The molecule has 2 unspecified atom stereocenters. The van der Waals surface area contributed by atoms with Gasteiger partial charge in [-0.2, -0.15) is 10.2 Å². The Hall–Kier alpha value is -4.26. The van der Waals surface area contributed by atoms with E-state index in [1.54, 1.807) is 12.4 Å². The molecule has 6 nitrogen and oxygen atoms in total. The smallest absolute Gasteiger partial charge is 0.0760 e. The molecule has 0 saturated carbocycles. The fraction of sp³-hybridized carbons (Fsp3) is 0.188. The van der Waals surface area contributed by atoms with Gasteiger partial charge in [-0.15, -0.1) is 0 Å². The summed E-state index contributed by atoms with van der Waals surface area (Å²) in [4.78, 5) is 4.32. The van der Waals surface area contributed by atoms with E-state index in [0.29, 0.717) is 25.9 Å². The van der Waals surface area contributed by atoms with Gasteiger partial charge in [0, 0.05) is 48.7 Å². The minimum absolute atomic E-state index is 0.423. The lowest BCUT2D eigenvalue weighted by molar-refractivity contribution is 0.178. The zero-order chi connectivity index (χ0) is 25.9. The maximum Gasteiger partial charge on any atom is 0.0760 e. The predicted octanol–water partition coefficient (Wildman–Crippen LogP) is 5.25. The van der Waals surface area contributed by atoms with Crippen LogP contribution in [-0.2, 0) is 12.8 Å². The number of hydrogen-bond donors (Lipinski definition) is 2. The van der Waals surface area contributed by atoms with Crippen molar-refractivity contribution >= 4 is 35.2 Å². The van der Waals surface area contributed by atoms with E-state index >= 15 is 0 Å². The number of hydrogen-bond acceptors (Lipinski definition) is 6. The minimum atomic E-state index is -0.423. The van der Waals surface area contributed by atoms with Crippen LogP contribution < -0.4 is 9.80 Å². The second kappa shape index (κ2) is 10.6. The molecule has 2 atom stereocenters. The van der Waals surface area contributed by atoms with Crippen molar-refractivity contribution in [1.82, 2.24) is 0 Å². The van der Waals surface area contributed by atoms with Crippen LogP contribution in [0.1, 0.15) is 22.3 Å². The molecular weight excluding hydrogens is 472 g/mol. The highest BCUT2D eigenvalue weighted by atomic mass is 16.3. The lowest BCUT2D eigenvalue weighted by Gasteiger charge is -2.34. The first-order valence-corrected chi connectivity index (χ1v) is 13.0. The fourth-order valence-electron chi connectivity index (χ4n) is 5.38. The number of anilines is 4. The number of β-amino-alcohol motifs (C(OH)–C–C–N with tert-alkyl or cyclic N) is 2. The molecule has 6 heteroatoms. The van der Waals surface area contributed by atoms with Crippen molar-refractivity contribution < 1.29 is 10.2 Å².